The molecule has 0 saturated carbocycles. The van der Waals surface area contributed by atoms with Crippen molar-refractivity contribution in [2.24, 2.45) is 0 Å². The first-order valence-electron chi connectivity index (χ1n) is 1.17. The molecule has 0 spiro atoms. The van der Waals surface area contributed by atoms with Crippen LogP contribution < -0.4 is 0 Å². The van der Waals surface area contributed by atoms with E-state index >= 15 is 0 Å². The topological polar surface area (TPSA) is 20.2 Å². The van der Waals surface area contributed by atoms with Crippen molar-refractivity contribution in [1.82, 2.24) is 0 Å². The quantitative estimate of drug-likeness (QED) is 0.651. The van der Waals surface area contributed by atoms with E-state index in [-0.39, 0.29) is 1.28 Å². The van der Waals surface area contributed by atoms with Crippen LogP contribution in [0.1, 0.15) is 6.92 Å². The number of rotatable bonds is 0. The van der Waals surface area contributed by atoms with Crippen LogP contribution in [0.4, 0.5) is 0 Å². The third-order valence-electron chi connectivity index (χ3n) is 0. The van der Waals surface area contributed by atoms with Crippen molar-refractivity contribution in [2.45, 2.75) is 8.21 Å². The normalized spacial score (nSPS) is 16.0. The first kappa shape index (κ1) is 5.40. The fourth-order valence-electron chi connectivity index (χ4n) is 0. The van der Waals surface area contributed by atoms with Crippen LogP contribution >= 0.6 is 0 Å². The van der Waals surface area contributed by atoms with Crippen molar-refractivity contribution in [3.8, 4) is 0 Å². The third kappa shape index (κ3) is 9.99. The molecule has 0 fully saturated rings. The molecule has 22 valence electrons. The van der Waals surface area contributed by atoms with Gasteiger partial charge in [0.2, 0.25) is 0 Å². The van der Waals surface area contributed by atoms with E-state index < -0.39 is 0 Å². The van der Waals surface area contributed by atoms with E-state index in [9.17, 15) is 0 Å². The fourth-order valence-corrected chi connectivity index (χ4v) is 0. The van der Waals surface area contributed by atoms with Crippen LogP contribution in [-0.4, -0.2) is 6.39 Å². The molecule has 0 aliphatic heterocycles. The van der Waals surface area contributed by atoms with Gasteiger partial charge in [-0.05, 0) is 0 Å². The molecular weight excluding hydrogens is 267 g/mol. The molecule has 0 amide bonds. The molecule has 0 aromatic carbocycles. The molecule has 0 aliphatic carbocycles. The molecule has 4 heavy (non-hydrogen) atoms. The van der Waals surface area contributed by atoms with E-state index in [1.54, 1.807) is 6.92 Å². The van der Waals surface area contributed by atoms with E-state index in [1.165, 1.54) is 0 Å². The van der Waals surface area contributed by atoms with E-state index in [1.807, 2.05) is 0 Å². The van der Waals surface area contributed by atoms with Crippen molar-refractivity contribution >= 4 is 0 Å². The summed E-state index contributed by atoms with van der Waals surface area (Å²) in [6, 6.07) is 0. The molecule has 0 radical (unpaired) electrons. The van der Waals surface area contributed by atoms with Crippen LogP contribution in [0.2, 0.25) is 0 Å². The van der Waals surface area contributed by atoms with Gasteiger partial charge >= 0.3 is 55.2 Å². The third-order valence-corrected chi connectivity index (χ3v) is 0. The number of aliphatic hydroxyl groups is 1. The summed E-state index contributed by atoms with van der Waals surface area (Å²) in [6.45, 7) is 1.81. The van der Waals surface area contributed by atoms with Crippen molar-refractivity contribution in [3.63, 3.8) is 0 Å². The summed E-state index contributed by atoms with van der Waals surface area (Å²) < 4.78 is 0.0221. The summed E-state index contributed by atoms with van der Waals surface area (Å²) in [4.78, 5) is 0. The fraction of sp³-hybridized carbons (Fsp3) is 1.00. The van der Waals surface area contributed by atoms with Gasteiger partial charge in [-0.2, -0.15) is 0 Å². The molecule has 0 bridgehead atoms. The summed E-state index contributed by atoms with van der Waals surface area (Å²) in [5.41, 5.74) is 0. The monoisotopic (exact) mass is 272 g/mol. The molecule has 1 atom stereocenters. The van der Waals surface area contributed by atoms with Crippen molar-refractivity contribution in [3.05, 3.63) is 0 Å². The van der Waals surface area contributed by atoms with E-state index in [0.717, 1.165) is 0 Å². The summed E-state index contributed by atoms with van der Waals surface area (Å²) in [5.74, 6) is 0. The second-order valence-corrected chi connectivity index (χ2v) is 4.71. The Hall–Kier alpha value is 1.40. The average molecular weight is 272 g/mol. The van der Waals surface area contributed by atoms with Gasteiger partial charge in [0.05, 0.1) is 0 Å². The number of hydrogen-bond acceptors (Lipinski definition) is 1. The summed E-state index contributed by atoms with van der Waals surface area (Å²) in [6.07, 6.45) is 0. The van der Waals surface area contributed by atoms with Gasteiger partial charge in [-0.1, -0.05) is 0 Å². The second kappa shape index (κ2) is 2.63. The van der Waals surface area contributed by atoms with Crippen molar-refractivity contribution in [2.75, 3.05) is 0 Å². The Morgan fingerprint density at radius 3 is 2.00 bits per heavy atom. The van der Waals surface area contributed by atoms with Crippen LogP contribution in [0.5, 0.6) is 0 Å². The maximum atomic E-state index is 8.14. The molecule has 0 rings (SSSR count). The Bertz CT molecular complexity index is 10.8. The second-order valence-electron chi connectivity index (χ2n) is 0.741. The van der Waals surface area contributed by atoms with Gasteiger partial charge in [-0.25, -0.2) is 0 Å². The van der Waals surface area contributed by atoms with Gasteiger partial charge in [0, 0.05) is 0 Å². The Balaban J connectivity index is 2.32. The zero-order valence-corrected chi connectivity index (χ0v) is 7.35. The van der Waals surface area contributed by atoms with Gasteiger partial charge in [-0.15, -0.1) is 0 Å². The average Bonchev–Trinajstić information content (AvgIpc) is 0.811. The molecule has 2 heteroatoms. The molecule has 0 heterocycles. The molecule has 1 N–H and O–H groups in total. The zero-order valence-electron chi connectivity index (χ0n) is 2.60. The predicted molar refractivity (Wildman–Crippen MR) is 11.7 cm³/mol. The zero-order chi connectivity index (χ0) is 3.58. The summed E-state index contributed by atoms with van der Waals surface area (Å²) in [7, 11) is 0. The Morgan fingerprint density at radius 2 is 2.00 bits per heavy atom. The van der Waals surface area contributed by atoms with E-state index in [0.29, 0.717) is 41.9 Å². The Morgan fingerprint density at radius 1 is 2.00 bits per heavy atom. The Labute approximate surface area is 54.5 Å². The molecule has 1 unspecified atom stereocenters. The van der Waals surface area contributed by atoms with Crippen LogP contribution in [0.3, 0.4) is 0 Å². The van der Waals surface area contributed by atoms with E-state index in [2.05, 4.69) is 0 Å². The van der Waals surface area contributed by atoms with Gasteiger partial charge in [0.15, 0.2) is 0 Å². The molecule has 0 aromatic rings. The number of aliphatic hydroxyl groups excluding tert-OH is 1. The molecule has 0 aliphatic rings. The van der Waals surface area contributed by atoms with Crippen molar-refractivity contribution < 1.29 is 47.0 Å². The molecule has 0 aromatic heterocycles. The molecular formula is C2H5AcO. The first-order valence-corrected chi connectivity index (χ1v) is 3.91. The molecule has 1 nitrogen and oxygen atoms in total. The Kier molecular flexibility index (Phi) is 3.55. The van der Waals surface area contributed by atoms with Crippen LogP contribution in [0.15, 0.2) is 0 Å². The maximum absolute atomic E-state index is 8.14. The minimum atomic E-state index is 0.0221. The van der Waals surface area contributed by atoms with Crippen LogP contribution in [0, 0.1) is 41.9 Å². The predicted octanol–water partition coefficient (Wildman–Crippen LogP) is -0.126. The molecule has 0 saturated heterocycles. The SMILES string of the molecule is C[CH](O)[Ac]. The van der Waals surface area contributed by atoms with E-state index in [4.69, 9.17) is 5.11 Å². The van der Waals surface area contributed by atoms with Gasteiger partial charge in [0.25, 0.3) is 0 Å². The first-order chi connectivity index (χ1) is 1.73. The van der Waals surface area contributed by atoms with Crippen LogP contribution in [-0.2, 0) is 0 Å². The standard InChI is InChI=1S/C2H5O.Ac/c1-2-3;/h2-3H,1H3;. The number of hydrogen-bond donors (Lipinski definition) is 1. The van der Waals surface area contributed by atoms with Gasteiger partial charge in [0.1, 0.15) is 0 Å². The van der Waals surface area contributed by atoms with Gasteiger partial charge < -0.3 is 0 Å². The van der Waals surface area contributed by atoms with Gasteiger partial charge in [-0.3, -0.25) is 0 Å². The minimum absolute atomic E-state index is 0.0221. The summed E-state index contributed by atoms with van der Waals surface area (Å²) in [5, 5.41) is 8.14. The van der Waals surface area contributed by atoms with Crippen LogP contribution in [0.25, 0.3) is 0 Å². The summed E-state index contributed by atoms with van der Waals surface area (Å²) >= 11 is 0.611. The van der Waals surface area contributed by atoms with Crippen molar-refractivity contribution in [1.29, 1.82) is 0 Å².